The van der Waals surface area contributed by atoms with Gasteiger partial charge < -0.3 is 15.0 Å². The third-order valence-electron chi connectivity index (χ3n) is 5.24. The second-order valence-corrected chi connectivity index (χ2v) is 7.05. The van der Waals surface area contributed by atoms with E-state index in [1.165, 1.54) is 22.8 Å². The maximum Gasteiger partial charge on any atom is 0.354 e. The summed E-state index contributed by atoms with van der Waals surface area (Å²) in [5.74, 6) is -3.81. The number of nitriles is 1. The predicted molar refractivity (Wildman–Crippen MR) is 106 cm³/mol. The van der Waals surface area contributed by atoms with Gasteiger partial charge in [0.25, 0.3) is 5.91 Å². The number of nitrogens with one attached hydrogen (secondary N) is 1. The first-order valence-electron chi connectivity index (χ1n) is 9.29. The molecule has 2 amide bonds. The summed E-state index contributed by atoms with van der Waals surface area (Å²) < 4.78 is 5.21. The number of carbonyl (C=O) groups is 4. The zero-order chi connectivity index (χ0) is 22.1. The molecule has 2 aliphatic rings. The number of benzene rings is 1. The van der Waals surface area contributed by atoms with Gasteiger partial charge in [0.15, 0.2) is 12.4 Å². The van der Waals surface area contributed by atoms with Gasteiger partial charge in [-0.3, -0.25) is 19.3 Å². The lowest BCUT2D eigenvalue weighted by Gasteiger charge is -2.48. The van der Waals surface area contributed by atoms with Crippen molar-refractivity contribution in [3.63, 3.8) is 0 Å². The van der Waals surface area contributed by atoms with Gasteiger partial charge in [-0.15, -0.1) is 6.58 Å². The second kappa shape index (κ2) is 7.91. The molecule has 1 unspecified atom stereocenters. The van der Waals surface area contributed by atoms with E-state index in [1.54, 1.807) is 30.3 Å². The smallest absolute Gasteiger partial charge is 0.354 e. The average Bonchev–Trinajstić information content (AvgIpc) is 3.08. The van der Waals surface area contributed by atoms with E-state index in [9.17, 15) is 19.2 Å². The number of amides is 2. The van der Waals surface area contributed by atoms with Gasteiger partial charge in [-0.1, -0.05) is 18.2 Å². The summed E-state index contributed by atoms with van der Waals surface area (Å²) >= 11 is 0. The first-order valence-corrected chi connectivity index (χ1v) is 9.29. The minimum atomic E-state index is -1.74. The molecule has 1 aromatic carbocycles. The molecule has 3 rings (SSSR count). The highest BCUT2D eigenvalue weighted by atomic mass is 16.5. The van der Waals surface area contributed by atoms with Gasteiger partial charge in [-0.25, -0.2) is 4.79 Å². The molecule has 0 saturated carbocycles. The molecule has 0 aliphatic carbocycles. The fourth-order valence-electron chi connectivity index (χ4n) is 3.88. The van der Waals surface area contributed by atoms with Crippen LogP contribution in [-0.4, -0.2) is 53.0 Å². The first kappa shape index (κ1) is 20.9. The van der Waals surface area contributed by atoms with Crippen molar-refractivity contribution in [2.75, 3.05) is 18.1 Å². The molecule has 154 valence electrons. The minimum Gasteiger partial charge on any atom is -0.454 e. The van der Waals surface area contributed by atoms with Crippen LogP contribution in [0.5, 0.6) is 0 Å². The number of para-hydroxylation sites is 1. The molecule has 2 heterocycles. The Kier molecular flexibility index (Phi) is 5.52. The molecule has 2 atom stereocenters. The number of ketones is 1. The summed E-state index contributed by atoms with van der Waals surface area (Å²) in [5, 5.41) is 16.6. The summed E-state index contributed by atoms with van der Waals surface area (Å²) in [7, 11) is 0. The van der Waals surface area contributed by atoms with E-state index < -0.39 is 35.8 Å². The molecular weight excluding hydrogens is 388 g/mol. The first-order chi connectivity index (χ1) is 14.3. The molecule has 1 fully saturated rings. The summed E-state index contributed by atoms with van der Waals surface area (Å²) in [5.41, 5.74) is -1.32. The van der Waals surface area contributed by atoms with Crippen molar-refractivity contribution in [3.05, 3.63) is 42.5 Å². The number of esters is 1. The predicted octanol–water partition coefficient (Wildman–Crippen LogP) is 1.44. The molecule has 0 radical (unpaired) electrons. The Bertz CT molecular complexity index is 1010. The molecule has 0 bridgehead atoms. The van der Waals surface area contributed by atoms with Crippen molar-refractivity contribution in [1.29, 1.82) is 10.7 Å². The van der Waals surface area contributed by atoms with Crippen molar-refractivity contribution in [2.24, 2.45) is 5.92 Å². The molecule has 9 heteroatoms. The van der Waals surface area contributed by atoms with Crippen LogP contribution in [0.1, 0.15) is 30.1 Å². The second-order valence-electron chi connectivity index (χ2n) is 7.05. The molecule has 1 aromatic rings. The number of nitrogens with zero attached hydrogens (tertiary/aromatic N) is 3. The number of Topliss-reactive ketones (excluding diaryl/α,β-unsaturated/α-hetero) is 1. The minimum absolute atomic E-state index is 0.00194. The maximum absolute atomic E-state index is 13.2. The molecule has 1 N–H and O–H groups in total. The van der Waals surface area contributed by atoms with Crippen LogP contribution in [-0.2, 0) is 19.1 Å². The maximum atomic E-state index is 13.2. The van der Waals surface area contributed by atoms with E-state index in [2.05, 4.69) is 6.58 Å². The Balaban J connectivity index is 2.00. The highest BCUT2D eigenvalue weighted by Crippen LogP contribution is 2.45. The van der Waals surface area contributed by atoms with E-state index in [-0.39, 0.29) is 36.6 Å². The molecule has 0 aromatic heterocycles. The number of hydrogen-bond acceptors (Lipinski definition) is 7. The van der Waals surface area contributed by atoms with Crippen LogP contribution in [0.4, 0.5) is 5.69 Å². The van der Waals surface area contributed by atoms with Crippen LogP contribution < -0.4 is 4.90 Å². The molecular formula is C21H20N4O5. The van der Waals surface area contributed by atoms with Crippen molar-refractivity contribution in [2.45, 2.75) is 25.4 Å². The number of carbonyl (C=O) groups excluding carboxylic acids is 4. The quantitative estimate of drug-likeness (QED) is 0.413. The van der Waals surface area contributed by atoms with Gasteiger partial charge in [-0.05, 0) is 19.1 Å². The third kappa shape index (κ3) is 3.06. The van der Waals surface area contributed by atoms with E-state index in [1.807, 2.05) is 0 Å². The summed E-state index contributed by atoms with van der Waals surface area (Å²) in [6, 6.07) is 8.17. The third-order valence-corrected chi connectivity index (χ3v) is 5.24. The van der Waals surface area contributed by atoms with Crippen LogP contribution in [0.15, 0.2) is 36.9 Å². The average molecular weight is 408 g/mol. The Morgan fingerprint density at radius 3 is 2.73 bits per heavy atom. The molecule has 30 heavy (non-hydrogen) atoms. The van der Waals surface area contributed by atoms with Crippen LogP contribution in [0.25, 0.3) is 0 Å². The fourth-order valence-corrected chi connectivity index (χ4v) is 3.88. The van der Waals surface area contributed by atoms with Gasteiger partial charge in [0.05, 0.1) is 17.3 Å². The van der Waals surface area contributed by atoms with Gasteiger partial charge in [-0.2, -0.15) is 5.26 Å². The van der Waals surface area contributed by atoms with Crippen LogP contribution >= 0.6 is 0 Å². The number of ether oxygens (including phenoxy) is 1. The van der Waals surface area contributed by atoms with E-state index >= 15 is 0 Å². The van der Waals surface area contributed by atoms with Gasteiger partial charge in [0.1, 0.15) is 5.92 Å². The van der Waals surface area contributed by atoms with E-state index in [0.29, 0.717) is 5.69 Å². The monoisotopic (exact) mass is 408 g/mol. The zero-order valence-corrected chi connectivity index (χ0v) is 16.4. The SMILES string of the molecule is C=CCN1C(=O)c2ccccc2N2C(=O)CC[C@]12C(=O)OCC(=O)C(C#N)C(C)=N. The highest BCUT2D eigenvalue weighted by Gasteiger charge is 2.61. The number of anilines is 1. The van der Waals surface area contributed by atoms with Crippen molar-refractivity contribution in [1.82, 2.24) is 4.90 Å². The zero-order valence-electron chi connectivity index (χ0n) is 16.4. The van der Waals surface area contributed by atoms with Crippen LogP contribution in [0.3, 0.4) is 0 Å². The Morgan fingerprint density at radius 1 is 1.40 bits per heavy atom. The standard InChI is InChI=1S/C21H20N4O5/c1-3-10-24-19(28)14-6-4-5-7-16(14)25-18(27)8-9-21(24,25)20(29)30-12-17(26)15(11-22)13(2)23/h3-7,15,23H,1,8-10,12H2,2H3/t15?,21-/m0/s1. The normalized spacial score (nSPS) is 20.7. The fraction of sp³-hybridized carbons (Fsp3) is 0.333. The van der Waals surface area contributed by atoms with Crippen LogP contribution in [0.2, 0.25) is 0 Å². The Labute approximate surface area is 173 Å². The Hall–Kier alpha value is -3.80. The van der Waals surface area contributed by atoms with E-state index in [4.69, 9.17) is 15.4 Å². The van der Waals surface area contributed by atoms with Gasteiger partial charge in [0.2, 0.25) is 11.6 Å². The van der Waals surface area contributed by atoms with E-state index in [0.717, 1.165) is 0 Å². The van der Waals surface area contributed by atoms with Crippen LogP contribution in [0, 0.1) is 22.7 Å². The van der Waals surface area contributed by atoms with Gasteiger partial charge >= 0.3 is 5.97 Å². The Morgan fingerprint density at radius 2 is 2.10 bits per heavy atom. The summed E-state index contributed by atoms with van der Waals surface area (Å²) in [6.45, 7) is 4.19. The largest absolute Gasteiger partial charge is 0.454 e. The molecule has 0 spiro atoms. The molecule has 9 nitrogen and oxygen atoms in total. The lowest BCUT2D eigenvalue weighted by molar-refractivity contribution is -0.159. The number of hydrogen-bond donors (Lipinski definition) is 1. The summed E-state index contributed by atoms with van der Waals surface area (Å²) in [6.07, 6.45) is 1.45. The molecule has 2 aliphatic heterocycles. The lowest BCUT2D eigenvalue weighted by Crippen LogP contribution is -2.68. The number of rotatable bonds is 7. The molecule has 1 saturated heterocycles. The van der Waals surface area contributed by atoms with Crippen molar-refractivity contribution >= 4 is 35.0 Å². The van der Waals surface area contributed by atoms with Crippen molar-refractivity contribution < 1.29 is 23.9 Å². The topological polar surface area (TPSA) is 132 Å². The summed E-state index contributed by atoms with van der Waals surface area (Å²) in [4.78, 5) is 53.8. The number of fused-ring (bicyclic) bond motifs is 3. The highest BCUT2D eigenvalue weighted by molar-refractivity contribution is 6.16. The van der Waals surface area contributed by atoms with Gasteiger partial charge in [0, 0.05) is 25.1 Å². The lowest BCUT2D eigenvalue weighted by atomic mass is 9.96. The van der Waals surface area contributed by atoms with Crippen molar-refractivity contribution in [3.8, 4) is 6.07 Å².